The molecule has 2 aliphatic carbocycles. The Morgan fingerprint density at radius 3 is 2.35 bits per heavy atom. The van der Waals surface area contributed by atoms with Gasteiger partial charge in [-0.15, -0.1) is 11.8 Å². The second-order valence-corrected chi connectivity index (χ2v) is 11.9. The second-order valence-electron chi connectivity index (χ2n) is 10.8. The van der Waals surface area contributed by atoms with Crippen molar-refractivity contribution in [3.63, 3.8) is 0 Å². The van der Waals surface area contributed by atoms with Crippen molar-refractivity contribution in [2.75, 3.05) is 11.1 Å². The average Bonchev–Trinajstić information content (AvgIpc) is 3.62. The van der Waals surface area contributed by atoms with Gasteiger partial charge >= 0.3 is 0 Å². The van der Waals surface area contributed by atoms with Gasteiger partial charge in [-0.1, -0.05) is 97.1 Å². The molecule has 3 atom stereocenters. The van der Waals surface area contributed by atoms with Gasteiger partial charge in [0.1, 0.15) is 0 Å². The van der Waals surface area contributed by atoms with E-state index in [0.717, 1.165) is 17.7 Å². The zero-order chi connectivity index (χ0) is 27.1. The summed E-state index contributed by atoms with van der Waals surface area (Å²) in [5, 5.41) is 8.45. The monoisotopic (exact) mass is 541 g/mol. The van der Waals surface area contributed by atoms with Gasteiger partial charge in [-0.3, -0.25) is 4.79 Å². The molecular weight excluding hydrogens is 510 g/mol. The number of thioether (sulfide) groups is 1. The fourth-order valence-electron chi connectivity index (χ4n) is 6.50. The lowest BCUT2D eigenvalue weighted by atomic mass is 9.76. The highest BCUT2D eigenvalue weighted by Gasteiger charge is 2.38. The maximum Gasteiger partial charge on any atom is 0.250 e. The van der Waals surface area contributed by atoms with Crippen molar-refractivity contribution in [2.24, 2.45) is 11.0 Å². The summed E-state index contributed by atoms with van der Waals surface area (Å²) in [5.74, 6) is 1.12. The Bertz CT molecular complexity index is 1600. The molecule has 0 spiro atoms. The number of allylic oxidation sites excluding steroid dienone is 2. The zero-order valence-electron chi connectivity index (χ0n) is 22.4. The number of carbonyl (C=O) groups is 1. The van der Waals surface area contributed by atoms with Crippen LogP contribution >= 0.6 is 11.8 Å². The lowest BCUT2D eigenvalue weighted by molar-refractivity contribution is -0.118. The normalized spacial score (nSPS) is 20.7. The van der Waals surface area contributed by atoms with Crippen molar-refractivity contribution >= 4 is 29.1 Å². The van der Waals surface area contributed by atoms with Gasteiger partial charge in [0.2, 0.25) is 5.91 Å². The minimum absolute atomic E-state index is 0.0877. The largest absolute Gasteiger partial charge is 0.378 e. The van der Waals surface area contributed by atoms with Crippen LogP contribution in [0.5, 0.6) is 0 Å². The number of amides is 1. The molecule has 0 saturated carbocycles. The molecule has 3 unspecified atom stereocenters. The maximum absolute atomic E-state index is 12.9. The number of hydrogen-bond acceptors (Lipinski definition) is 4. The van der Waals surface area contributed by atoms with Crippen LogP contribution in [-0.4, -0.2) is 17.4 Å². The van der Waals surface area contributed by atoms with Crippen LogP contribution in [0.4, 0.5) is 5.69 Å². The van der Waals surface area contributed by atoms with E-state index in [-0.39, 0.29) is 11.2 Å². The van der Waals surface area contributed by atoms with Gasteiger partial charge in [-0.2, -0.15) is 5.10 Å². The van der Waals surface area contributed by atoms with Crippen molar-refractivity contribution in [3.05, 3.63) is 137 Å². The van der Waals surface area contributed by atoms with E-state index < -0.39 is 0 Å². The standard InChI is InChI=1S/C35H31N3OS/c1-22(37-38-33(39)21-40-35-29-14-7-5-12-25(29)26-13-6-8-15-30(26)35)24-18-19-32-31(20-24)27-16-9-17-28(27)34(36-32)23-10-3-2-4-11-23/h2-16,18-20,27-28,34-36H,17,21H2,1H3,(H,38,39). The molecule has 3 aliphatic rings. The number of hydrazone groups is 1. The summed E-state index contributed by atoms with van der Waals surface area (Å²) in [6.45, 7) is 1.96. The highest BCUT2D eigenvalue weighted by molar-refractivity contribution is 8.00. The molecule has 4 aromatic carbocycles. The molecule has 7 rings (SSSR count). The maximum atomic E-state index is 12.9. The van der Waals surface area contributed by atoms with Crippen LogP contribution in [0.3, 0.4) is 0 Å². The van der Waals surface area contributed by atoms with Gasteiger partial charge in [-0.05, 0) is 70.3 Å². The number of benzene rings is 4. The van der Waals surface area contributed by atoms with Crippen molar-refractivity contribution in [2.45, 2.75) is 30.6 Å². The molecule has 40 heavy (non-hydrogen) atoms. The molecule has 1 aliphatic heterocycles. The van der Waals surface area contributed by atoms with Crippen LogP contribution in [-0.2, 0) is 4.79 Å². The Morgan fingerprint density at radius 2 is 1.60 bits per heavy atom. The van der Waals surface area contributed by atoms with Crippen LogP contribution in [0.2, 0.25) is 0 Å². The zero-order valence-corrected chi connectivity index (χ0v) is 23.2. The molecule has 198 valence electrons. The van der Waals surface area contributed by atoms with Crippen molar-refractivity contribution < 1.29 is 4.79 Å². The van der Waals surface area contributed by atoms with Crippen LogP contribution in [0.1, 0.15) is 58.4 Å². The SMILES string of the molecule is CC(=NNC(=O)CSC1c2ccccc2-c2ccccc21)c1ccc2c(c1)C1C=CCC1C(c1ccccc1)N2. The minimum Gasteiger partial charge on any atom is -0.378 e. The molecule has 5 heteroatoms. The van der Waals surface area contributed by atoms with Crippen LogP contribution in [0, 0.1) is 5.92 Å². The molecule has 0 saturated heterocycles. The molecule has 0 fully saturated rings. The lowest BCUT2D eigenvalue weighted by Crippen LogP contribution is -2.29. The number of nitrogens with one attached hydrogen (secondary N) is 2. The minimum atomic E-state index is -0.0877. The summed E-state index contributed by atoms with van der Waals surface area (Å²) in [7, 11) is 0. The van der Waals surface area contributed by atoms with Crippen molar-refractivity contribution in [1.82, 2.24) is 5.43 Å². The van der Waals surface area contributed by atoms with E-state index in [2.05, 4.69) is 125 Å². The van der Waals surface area contributed by atoms with E-state index in [0.29, 0.717) is 23.6 Å². The van der Waals surface area contributed by atoms with Gasteiger partial charge in [0.15, 0.2) is 0 Å². The summed E-state index contributed by atoms with van der Waals surface area (Å²) in [5.41, 5.74) is 13.5. The molecule has 0 aromatic heterocycles. The van der Waals surface area contributed by atoms with E-state index in [9.17, 15) is 4.79 Å². The topological polar surface area (TPSA) is 53.5 Å². The molecule has 2 N–H and O–H groups in total. The van der Waals surface area contributed by atoms with Crippen LogP contribution < -0.4 is 10.7 Å². The number of anilines is 1. The van der Waals surface area contributed by atoms with Gasteiger partial charge in [0.05, 0.1) is 22.8 Å². The first kappa shape index (κ1) is 24.9. The fourth-order valence-corrected chi connectivity index (χ4v) is 7.65. The summed E-state index contributed by atoms with van der Waals surface area (Å²) in [6.07, 6.45) is 5.74. The third kappa shape index (κ3) is 4.44. The predicted molar refractivity (Wildman–Crippen MR) is 166 cm³/mol. The molecule has 0 radical (unpaired) electrons. The van der Waals surface area contributed by atoms with E-state index in [1.165, 1.54) is 39.1 Å². The highest BCUT2D eigenvalue weighted by atomic mass is 32.2. The summed E-state index contributed by atoms with van der Waals surface area (Å²) in [6, 6.07) is 34.5. The quantitative estimate of drug-likeness (QED) is 0.148. The van der Waals surface area contributed by atoms with Crippen molar-refractivity contribution in [3.8, 4) is 11.1 Å². The van der Waals surface area contributed by atoms with E-state index >= 15 is 0 Å². The van der Waals surface area contributed by atoms with Crippen LogP contribution in [0.25, 0.3) is 11.1 Å². The van der Waals surface area contributed by atoms with Gasteiger partial charge in [0.25, 0.3) is 0 Å². The summed E-state index contributed by atoms with van der Waals surface area (Å²) < 4.78 is 0. The first-order valence-electron chi connectivity index (χ1n) is 13.9. The van der Waals surface area contributed by atoms with Gasteiger partial charge < -0.3 is 5.32 Å². The number of carbonyl (C=O) groups excluding carboxylic acids is 1. The lowest BCUT2D eigenvalue weighted by Gasteiger charge is -2.37. The molecule has 1 heterocycles. The number of hydrogen-bond donors (Lipinski definition) is 2. The number of rotatable bonds is 6. The third-order valence-electron chi connectivity index (χ3n) is 8.45. The average molecular weight is 542 g/mol. The van der Waals surface area contributed by atoms with E-state index in [1.54, 1.807) is 11.8 Å². The van der Waals surface area contributed by atoms with E-state index in [1.807, 2.05) is 6.92 Å². The smallest absolute Gasteiger partial charge is 0.250 e. The Balaban J connectivity index is 1.04. The Hall–Kier alpha value is -4.09. The Kier molecular flexibility index (Phi) is 6.52. The molecule has 4 nitrogen and oxygen atoms in total. The number of nitrogens with zero attached hydrogens (tertiary/aromatic N) is 1. The summed E-state index contributed by atoms with van der Waals surface area (Å²) in [4.78, 5) is 12.9. The highest BCUT2D eigenvalue weighted by Crippen LogP contribution is 2.51. The molecule has 4 aromatic rings. The second kappa shape index (κ2) is 10.5. The Labute approximate surface area is 239 Å². The van der Waals surface area contributed by atoms with Crippen molar-refractivity contribution in [1.29, 1.82) is 0 Å². The molecular formula is C35H31N3OS. The fraction of sp³-hybridized carbons (Fsp3) is 0.200. The summed E-state index contributed by atoms with van der Waals surface area (Å²) >= 11 is 1.66. The Morgan fingerprint density at radius 1 is 0.900 bits per heavy atom. The molecule has 1 amide bonds. The number of fused-ring (bicyclic) bond motifs is 6. The molecule has 0 bridgehead atoms. The first-order chi connectivity index (χ1) is 19.7. The predicted octanol–water partition coefficient (Wildman–Crippen LogP) is 7.86. The van der Waals surface area contributed by atoms with Crippen LogP contribution in [0.15, 0.2) is 114 Å². The van der Waals surface area contributed by atoms with Gasteiger partial charge in [0, 0.05) is 11.6 Å². The van der Waals surface area contributed by atoms with E-state index in [4.69, 9.17) is 0 Å². The first-order valence-corrected chi connectivity index (χ1v) is 15.0. The van der Waals surface area contributed by atoms with Gasteiger partial charge in [-0.25, -0.2) is 5.43 Å². The third-order valence-corrected chi connectivity index (χ3v) is 9.72.